The number of dihydropyridines is 1. The predicted molar refractivity (Wildman–Crippen MR) is 85.4 cm³/mol. The first-order valence-electron chi connectivity index (χ1n) is 8.31. The van der Waals surface area contributed by atoms with Crippen molar-refractivity contribution in [1.29, 1.82) is 0 Å². The zero-order valence-electron chi connectivity index (χ0n) is 15.1. The molecule has 0 aromatic rings. The summed E-state index contributed by atoms with van der Waals surface area (Å²) >= 11 is 0. The summed E-state index contributed by atoms with van der Waals surface area (Å²) < 4.78 is 63.6. The van der Waals surface area contributed by atoms with Gasteiger partial charge in [0, 0.05) is 5.92 Å². The fourth-order valence-corrected chi connectivity index (χ4v) is 2.77. The molecule has 148 valence electrons. The van der Waals surface area contributed by atoms with E-state index in [1.807, 2.05) is 5.32 Å². The molecule has 0 saturated carbocycles. The summed E-state index contributed by atoms with van der Waals surface area (Å²) in [6, 6.07) is 0. The lowest BCUT2D eigenvalue weighted by molar-refractivity contribution is -0.140. The number of hydrogen-bond acceptors (Lipinski definition) is 5. The van der Waals surface area contributed by atoms with Gasteiger partial charge in [-0.25, -0.2) is 27.2 Å². The van der Waals surface area contributed by atoms with Gasteiger partial charge in [-0.1, -0.05) is 13.8 Å². The fraction of sp³-hybridized carbons (Fsp3) is 0.647. The highest BCUT2D eigenvalue weighted by atomic mass is 19.3. The van der Waals surface area contributed by atoms with Crippen molar-refractivity contribution >= 4 is 11.9 Å². The number of esters is 2. The molecule has 0 aromatic heterocycles. The molecule has 1 aliphatic heterocycles. The van der Waals surface area contributed by atoms with Crippen molar-refractivity contribution in [3.8, 4) is 0 Å². The second-order valence-corrected chi connectivity index (χ2v) is 6.00. The summed E-state index contributed by atoms with van der Waals surface area (Å²) in [6.45, 7) is 6.23. The Morgan fingerprint density at radius 3 is 1.58 bits per heavy atom. The highest BCUT2D eigenvalue weighted by Gasteiger charge is 2.43. The molecular weight excluding hydrogens is 358 g/mol. The predicted octanol–water partition coefficient (Wildman–Crippen LogP) is 3.42. The Morgan fingerprint density at radius 1 is 0.923 bits per heavy atom. The van der Waals surface area contributed by atoms with E-state index in [1.165, 1.54) is 13.8 Å². The molecule has 1 rings (SSSR count). The van der Waals surface area contributed by atoms with Crippen LogP contribution in [-0.2, 0) is 19.1 Å². The van der Waals surface area contributed by atoms with Crippen molar-refractivity contribution in [2.24, 2.45) is 11.8 Å². The monoisotopic (exact) mass is 381 g/mol. The zero-order valence-corrected chi connectivity index (χ0v) is 15.1. The Morgan fingerprint density at radius 2 is 1.31 bits per heavy atom. The van der Waals surface area contributed by atoms with Crippen molar-refractivity contribution < 1.29 is 36.6 Å². The second-order valence-electron chi connectivity index (χ2n) is 6.00. The first-order valence-corrected chi connectivity index (χ1v) is 8.31. The minimum Gasteiger partial charge on any atom is -0.463 e. The quantitative estimate of drug-likeness (QED) is 0.516. The highest BCUT2D eigenvalue weighted by Crippen LogP contribution is 2.38. The topological polar surface area (TPSA) is 64.6 Å². The molecule has 0 spiro atoms. The first kappa shape index (κ1) is 22.0. The van der Waals surface area contributed by atoms with Gasteiger partial charge in [-0.3, -0.25) is 0 Å². The van der Waals surface area contributed by atoms with Crippen LogP contribution in [0.15, 0.2) is 22.5 Å². The molecule has 0 aliphatic carbocycles. The molecule has 9 heteroatoms. The van der Waals surface area contributed by atoms with Crippen LogP contribution in [0.2, 0.25) is 0 Å². The minimum absolute atomic E-state index is 0.0242. The maximum atomic E-state index is 13.5. The van der Waals surface area contributed by atoms with Crippen LogP contribution in [0.5, 0.6) is 0 Å². The van der Waals surface area contributed by atoms with Crippen molar-refractivity contribution in [3.63, 3.8) is 0 Å². The third-order valence-electron chi connectivity index (χ3n) is 3.68. The smallest absolute Gasteiger partial charge is 0.336 e. The molecule has 1 N–H and O–H groups in total. The van der Waals surface area contributed by atoms with Crippen molar-refractivity contribution in [3.05, 3.63) is 22.5 Å². The van der Waals surface area contributed by atoms with Crippen LogP contribution in [0.1, 0.15) is 34.1 Å². The van der Waals surface area contributed by atoms with Crippen molar-refractivity contribution in [2.75, 3.05) is 13.2 Å². The van der Waals surface area contributed by atoms with Gasteiger partial charge in [0.05, 0.1) is 35.8 Å². The summed E-state index contributed by atoms with van der Waals surface area (Å²) in [5.74, 6) is -3.60. The Hall–Kier alpha value is -2.06. The van der Waals surface area contributed by atoms with Crippen LogP contribution in [0.4, 0.5) is 17.6 Å². The lowest BCUT2D eigenvalue weighted by Crippen LogP contribution is -2.39. The number of hydrogen-bond donors (Lipinski definition) is 1. The van der Waals surface area contributed by atoms with E-state index < -0.39 is 53.2 Å². The molecule has 1 aliphatic rings. The van der Waals surface area contributed by atoms with E-state index in [2.05, 4.69) is 0 Å². The first-order chi connectivity index (χ1) is 12.1. The van der Waals surface area contributed by atoms with Crippen LogP contribution >= 0.6 is 0 Å². The molecule has 1 heterocycles. The lowest BCUT2D eigenvalue weighted by Gasteiger charge is -2.32. The van der Waals surface area contributed by atoms with Gasteiger partial charge in [-0.2, -0.15) is 0 Å². The maximum absolute atomic E-state index is 13.5. The average molecular weight is 381 g/mol. The van der Waals surface area contributed by atoms with Gasteiger partial charge in [-0.05, 0) is 26.2 Å². The molecule has 0 aromatic carbocycles. The molecule has 0 amide bonds. The standard InChI is InChI=1S/C17H23F4NO4/c1-5-25-16(23)10-9(7-8(3)4)11(17(24)26-6-2)13(15(20)21)22-12(10)14(18)19/h8-9,14-15,22H,5-7H2,1-4H3. The molecular formula is C17H23F4NO4. The Bertz CT molecular complexity index is 554. The fourth-order valence-electron chi connectivity index (χ4n) is 2.77. The van der Waals surface area contributed by atoms with Crippen LogP contribution in [0.3, 0.4) is 0 Å². The summed E-state index contributed by atoms with van der Waals surface area (Å²) in [7, 11) is 0. The molecule has 26 heavy (non-hydrogen) atoms. The van der Waals surface area contributed by atoms with Gasteiger partial charge < -0.3 is 14.8 Å². The van der Waals surface area contributed by atoms with Crippen molar-refractivity contribution in [1.82, 2.24) is 5.32 Å². The van der Waals surface area contributed by atoms with E-state index in [1.54, 1.807) is 13.8 Å². The number of rotatable bonds is 8. The van der Waals surface area contributed by atoms with Crippen molar-refractivity contribution in [2.45, 2.75) is 47.0 Å². The van der Waals surface area contributed by atoms with E-state index >= 15 is 0 Å². The van der Waals surface area contributed by atoms with Crippen LogP contribution in [-0.4, -0.2) is 38.0 Å². The normalized spacial score (nSPS) is 15.8. The average Bonchev–Trinajstić information content (AvgIpc) is 2.53. The highest BCUT2D eigenvalue weighted by molar-refractivity contribution is 5.98. The summed E-state index contributed by atoms with van der Waals surface area (Å²) in [5, 5.41) is 1.89. The largest absolute Gasteiger partial charge is 0.463 e. The van der Waals surface area contributed by atoms with E-state index in [4.69, 9.17) is 9.47 Å². The third kappa shape index (κ3) is 4.98. The van der Waals surface area contributed by atoms with Gasteiger partial charge in [-0.15, -0.1) is 0 Å². The number of alkyl halides is 4. The van der Waals surface area contributed by atoms with E-state index in [0.29, 0.717) is 0 Å². The van der Waals surface area contributed by atoms with E-state index in [0.717, 1.165) is 0 Å². The summed E-state index contributed by atoms with van der Waals surface area (Å²) in [5.41, 5.74) is -2.94. The number of allylic oxidation sites excluding steroid dienone is 2. The molecule has 0 saturated heterocycles. The molecule has 0 atom stereocenters. The maximum Gasteiger partial charge on any atom is 0.336 e. The Kier molecular flexibility index (Phi) is 8.10. The minimum atomic E-state index is -3.22. The Balaban J connectivity index is 3.63. The van der Waals surface area contributed by atoms with Gasteiger partial charge in [0.25, 0.3) is 12.9 Å². The number of carbonyl (C=O) groups excluding carboxylic acids is 2. The van der Waals surface area contributed by atoms with Gasteiger partial charge in [0.15, 0.2) is 0 Å². The van der Waals surface area contributed by atoms with Crippen LogP contribution in [0.25, 0.3) is 0 Å². The van der Waals surface area contributed by atoms with Gasteiger partial charge in [0.1, 0.15) is 0 Å². The summed E-state index contributed by atoms with van der Waals surface area (Å²) in [6.07, 6.45) is -6.42. The van der Waals surface area contributed by atoms with Gasteiger partial charge >= 0.3 is 11.9 Å². The molecule has 0 fully saturated rings. The zero-order chi connectivity index (χ0) is 20.0. The van der Waals surface area contributed by atoms with E-state index in [-0.39, 0.29) is 25.6 Å². The molecule has 0 unspecified atom stereocenters. The number of carbonyl (C=O) groups is 2. The molecule has 0 bridgehead atoms. The van der Waals surface area contributed by atoms with E-state index in [9.17, 15) is 27.2 Å². The second kappa shape index (κ2) is 9.59. The molecule has 0 radical (unpaired) electrons. The van der Waals surface area contributed by atoms with Crippen LogP contribution in [0, 0.1) is 11.8 Å². The van der Waals surface area contributed by atoms with Crippen LogP contribution < -0.4 is 5.32 Å². The Labute approximate surface area is 149 Å². The lowest BCUT2D eigenvalue weighted by atomic mass is 9.79. The van der Waals surface area contributed by atoms with Gasteiger partial charge in [0.2, 0.25) is 0 Å². The molecule has 5 nitrogen and oxygen atoms in total. The number of ether oxygens (including phenoxy) is 2. The SMILES string of the molecule is CCOC(=O)C1=C(C(F)F)NC(C(F)F)=C(C(=O)OCC)C1CC(C)C. The number of nitrogens with one attached hydrogen (secondary N) is 1. The summed E-state index contributed by atoms with van der Waals surface area (Å²) in [4.78, 5) is 24.6. The third-order valence-corrected chi connectivity index (χ3v) is 3.68. The number of halogens is 4.